The fourth-order valence-electron chi connectivity index (χ4n) is 2.62. The molecular weight excluding hydrogens is 302 g/mol. The zero-order valence-corrected chi connectivity index (χ0v) is 12.4. The van der Waals surface area contributed by atoms with Gasteiger partial charge < -0.3 is 10.8 Å². The number of nitrogens with two attached hydrogens (primary N) is 1. The van der Waals surface area contributed by atoms with Crippen molar-refractivity contribution in [2.45, 2.75) is 13.8 Å². The van der Waals surface area contributed by atoms with Crippen LogP contribution in [-0.2, 0) is 0 Å². The summed E-state index contributed by atoms with van der Waals surface area (Å²) in [5.74, 6) is 5.29. The molecule has 0 aliphatic carbocycles. The van der Waals surface area contributed by atoms with Gasteiger partial charge in [-0.25, -0.2) is 0 Å². The van der Waals surface area contributed by atoms with Crippen LogP contribution in [0.1, 0.15) is 16.7 Å². The van der Waals surface area contributed by atoms with Crippen molar-refractivity contribution >= 4 is 44.0 Å². The van der Waals surface area contributed by atoms with Gasteiger partial charge in [0.05, 0.1) is 6.21 Å². The van der Waals surface area contributed by atoms with Crippen LogP contribution in [0.25, 0.3) is 21.8 Å². The van der Waals surface area contributed by atoms with Gasteiger partial charge in [0.15, 0.2) is 0 Å². The second-order valence-corrected chi connectivity index (χ2v) is 5.67. The fraction of sp³-hybridized carbons (Fsp3) is 0.133. The van der Waals surface area contributed by atoms with Crippen molar-refractivity contribution in [2.75, 3.05) is 0 Å². The smallest absolute Gasteiger partial charge is 0.0541 e. The van der Waals surface area contributed by atoms with Gasteiger partial charge in [0.25, 0.3) is 0 Å². The van der Waals surface area contributed by atoms with Crippen LogP contribution < -0.4 is 5.84 Å². The van der Waals surface area contributed by atoms with E-state index in [0.717, 1.165) is 15.6 Å². The lowest BCUT2D eigenvalue weighted by atomic mass is 9.99. The molecule has 96 valence electrons. The van der Waals surface area contributed by atoms with Crippen molar-refractivity contribution in [3.05, 3.63) is 45.4 Å². The molecule has 0 aliphatic heterocycles. The molecule has 0 bridgehead atoms. The molecule has 3 aromatic rings. The number of H-pyrrole nitrogens is 1. The highest BCUT2D eigenvalue weighted by atomic mass is 79.9. The Morgan fingerprint density at radius 3 is 2.79 bits per heavy atom. The molecule has 2 aromatic carbocycles. The second-order valence-electron chi connectivity index (χ2n) is 4.75. The number of aryl methyl sites for hydroxylation is 2. The number of benzene rings is 2. The molecule has 0 unspecified atom stereocenters. The predicted molar refractivity (Wildman–Crippen MR) is 84.8 cm³/mol. The summed E-state index contributed by atoms with van der Waals surface area (Å²) in [6, 6.07) is 8.39. The first-order valence-corrected chi connectivity index (χ1v) is 6.85. The fourth-order valence-corrected chi connectivity index (χ4v) is 2.98. The molecule has 0 spiro atoms. The number of aromatic amines is 1. The zero-order valence-electron chi connectivity index (χ0n) is 10.8. The van der Waals surface area contributed by atoms with Crippen LogP contribution in [0.3, 0.4) is 0 Å². The molecule has 3 nitrogen and oxygen atoms in total. The Kier molecular flexibility index (Phi) is 2.82. The Labute approximate surface area is 119 Å². The van der Waals surface area contributed by atoms with E-state index >= 15 is 0 Å². The van der Waals surface area contributed by atoms with Gasteiger partial charge in [0.1, 0.15) is 0 Å². The molecule has 0 saturated carbocycles. The van der Waals surface area contributed by atoms with Gasteiger partial charge in [-0.2, -0.15) is 5.10 Å². The van der Waals surface area contributed by atoms with E-state index in [1.54, 1.807) is 6.21 Å². The highest BCUT2D eigenvalue weighted by molar-refractivity contribution is 9.10. The van der Waals surface area contributed by atoms with Gasteiger partial charge in [0, 0.05) is 26.3 Å². The van der Waals surface area contributed by atoms with E-state index in [4.69, 9.17) is 5.84 Å². The van der Waals surface area contributed by atoms with Crippen molar-refractivity contribution < 1.29 is 0 Å². The number of halogens is 1. The van der Waals surface area contributed by atoms with E-state index < -0.39 is 0 Å². The molecular formula is C15H14BrN3. The normalized spacial score (nSPS) is 11.9. The standard InChI is InChI=1S/C15H14BrN3/c1-8-5-10(7-18-17)9(2)14-12-6-11(16)3-4-13(12)19-15(8)14/h3-7,19H,17H2,1-2H3/b18-7+. The van der Waals surface area contributed by atoms with Gasteiger partial charge in [-0.15, -0.1) is 0 Å². The number of fused-ring (bicyclic) bond motifs is 3. The van der Waals surface area contributed by atoms with Crippen molar-refractivity contribution in [3.63, 3.8) is 0 Å². The average molecular weight is 316 g/mol. The van der Waals surface area contributed by atoms with Crippen molar-refractivity contribution in [2.24, 2.45) is 10.9 Å². The maximum absolute atomic E-state index is 5.29. The number of rotatable bonds is 1. The molecule has 0 fully saturated rings. The molecule has 1 aromatic heterocycles. The minimum absolute atomic E-state index is 1.06. The molecule has 19 heavy (non-hydrogen) atoms. The quantitative estimate of drug-likeness (QED) is 0.398. The van der Waals surface area contributed by atoms with Gasteiger partial charge in [0.2, 0.25) is 0 Å². The minimum atomic E-state index is 1.06. The highest BCUT2D eigenvalue weighted by Gasteiger charge is 2.12. The Morgan fingerprint density at radius 2 is 2.05 bits per heavy atom. The molecule has 4 heteroatoms. The Hall–Kier alpha value is -1.81. The third-order valence-corrected chi connectivity index (χ3v) is 4.04. The lowest BCUT2D eigenvalue weighted by molar-refractivity contribution is 1.26. The number of nitrogens with zero attached hydrogens (tertiary/aromatic N) is 1. The van der Waals surface area contributed by atoms with Gasteiger partial charge in [-0.3, -0.25) is 0 Å². The lowest BCUT2D eigenvalue weighted by Crippen LogP contribution is -1.93. The van der Waals surface area contributed by atoms with E-state index in [1.807, 2.05) is 6.07 Å². The van der Waals surface area contributed by atoms with Crippen LogP contribution in [0.15, 0.2) is 33.8 Å². The summed E-state index contributed by atoms with van der Waals surface area (Å²) in [7, 11) is 0. The Balaban J connectivity index is 2.53. The van der Waals surface area contributed by atoms with E-state index in [-0.39, 0.29) is 0 Å². The number of hydrogen-bond donors (Lipinski definition) is 2. The van der Waals surface area contributed by atoms with Gasteiger partial charge in [-0.1, -0.05) is 15.9 Å². The van der Waals surface area contributed by atoms with Gasteiger partial charge in [-0.05, 0) is 54.8 Å². The van der Waals surface area contributed by atoms with Crippen LogP contribution in [0.2, 0.25) is 0 Å². The van der Waals surface area contributed by atoms with Gasteiger partial charge >= 0.3 is 0 Å². The topological polar surface area (TPSA) is 54.2 Å². The molecule has 0 atom stereocenters. The summed E-state index contributed by atoms with van der Waals surface area (Å²) >= 11 is 3.53. The molecule has 3 rings (SSSR count). The summed E-state index contributed by atoms with van der Waals surface area (Å²) in [4.78, 5) is 3.49. The Bertz CT molecular complexity index is 815. The third-order valence-electron chi connectivity index (χ3n) is 3.55. The van der Waals surface area contributed by atoms with Crippen molar-refractivity contribution in [1.29, 1.82) is 0 Å². The SMILES string of the molecule is Cc1cc(/C=N/N)c(C)c2c1[nH]c1ccc(Br)cc12. The van der Waals surface area contributed by atoms with Crippen LogP contribution >= 0.6 is 15.9 Å². The largest absolute Gasteiger partial charge is 0.354 e. The monoisotopic (exact) mass is 315 g/mol. The number of hydrazone groups is 1. The van der Waals surface area contributed by atoms with Crippen LogP contribution in [0.4, 0.5) is 0 Å². The predicted octanol–water partition coefficient (Wildman–Crippen LogP) is 3.99. The van der Waals surface area contributed by atoms with E-state index in [9.17, 15) is 0 Å². The molecule has 0 radical (unpaired) electrons. The van der Waals surface area contributed by atoms with Crippen molar-refractivity contribution in [3.8, 4) is 0 Å². The first-order valence-electron chi connectivity index (χ1n) is 6.06. The summed E-state index contributed by atoms with van der Waals surface area (Å²) in [6.07, 6.45) is 1.71. The molecule has 1 heterocycles. The summed E-state index contributed by atoms with van der Waals surface area (Å²) < 4.78 is 1.08. The number of nitrogens with one attached hydrogen (secondary N) is 1. The highest BCUT2D eigenvalue weighted by Crippen LogP contribution is 2.33. The summed E-state index contributed by atoms with van der Waals surface area (Å²) in [6.45, 7) is 4.20. The first-order chi connectivity index (χ1) is 9.11. The van der Waals surface area contributed by atoms with E-state index in [0.29, 0.717) is 0 Å². The molecule has 0 aliphatic rings. The summed E-state index contributed by atoms with van der Waals surface area (Å²) in [5.41, 5.74) is 5.78. The maximum atomic E-state index is 5.29. The number of aromatic nitrogens is 1. The molecule has 0 saturated heterocycles. The second kappa shape index (κ2) is 4.38. The first kappa shape index (κ1) is 12.2. The third kappa shape index (κ3) is 1.83. The molecule has 3 N–H and O–H groups in total. The molecule has 0 amide bonds. The number of hydrogen-bond acceptors (Lipinski definition) is 2. The zero-order chi connectivity index (χ0) is 13.6. The van der Waals surface area contributed by atoms with Crippen molar-refractivity contribution in [1.82, 2.24) is 4.98 Å². The minimum Gasteiger partial charge on any atom is -0.354 e. The Morgan fingerprint density at radius 1 is 1.26 bits per heavy atom. The van der Waals surface area contributed by atoms with Crippen LogP contribution in [-0.4, -0.2) is 11.2 Å². The lowest BCUT2D eigenvalue weighted by Gasteiger charge is -2.05. The van der Waals surface area contributed by atoms with E-state index in [2.05, 4.69) is 58.1 Å². The maximum Gasteiger partial charge on any atom is 0.0541 e. The van der Waals surface area contributed by atoms with Crippen LogP contribution in [0.5, 0.6) is 0 Å². The average Bonchev–Trinajstić information content (AvgIpc) is 2.75. The van der Waals surface area contributed by atoms with Crippen LogP contribution in [0, 0.1) is 13.8 Å². The van der Waals surface area contributed by atoms with E-state index in [1.165, 1.54) is 27.4 Å². The summed E-state index contributed by atoms with van der Waals surface area (Å²) in [5, 5.41) is 6.11.